The molecule has 4 rings (SSSR count). The first-order valence-corrected chi connectivity index (χ1v) is 7.00. The molecule has 0 fully saturated rings. The Hall–Kier alpha value is -3.68. The molecule has 0 saturated carbocycles. The van der Waals surface area contributed by atoms with Crippen LogP contribution < -0.4 is 22.2 Å². The number of nitrogen functional groups attached to an aromatic ring is 1. The van der Waals surface area contributed by atoms with Gasteiger partial charge in [-0.15, -0.1) is 0 Å². The Balaban J connectivity index is 2.13. The van der Waals surface area contributed by atoms with E-state index in [1.807, 2.05) is 0 Å². The van der Waals surface area contributed by atoms with Crippen molar-refractivity contribution in [3.05, 3.63) is 68.4 Å². The molecule has 1 aliphatic rings. The van der Waals surface area contributed by atoms with E-state index >= 15 is 0 Å². The predicted octanol–water partition coefficient (Wildman–Crippen LogP) is 0.145. The van der Waals surface area contributed by atoms with Gasteiger partial charge in [0.15, 0.2) is 0 Å². The molecule has 4 N–H and O–H groups in total. The van der Waals surface area contributed by atoms with Crippen molar-refractivity contribution in [3.63, 3.8) is 0 Å². The topological polar surface area (TPSA) is 127 Å². The third-order valence-corrected chi connectivity index (χ3v) is 3.96. The molecular formula is C16H10N4O4. The maximum atomic E-state index is 12.5. The smallest absolute Gasteiger partial charge is 0.262 e. The van der Waals surface area contributed by atoms with Crippen LogP contribution in [0.15, 0.2) is 46.1 Å². The van der Waals surface area contributed by atoms with Gasteiger partial charge in [0.25, 0.3) is 17.4 Å². The first-order chi connectivity index (χ1) is 11.5. The molecule has 8 heteroatoms. The largest absolute Gasteiger partial charge is 0.384 e. The fraction of sp³-hybridized carbons (Fsp3) is 0. The van der Waals surface area contributed by atoms with Crippen molar-refractivity contribution < 1.29 is 9.59 Å². The Bertz CT molecular complexity index is 1170. The first kappa shape index (κ1) is 13.9. The molecule has 0 radical (unpaired) electrons. The molecule has 0 spiro atoms. The van der Waals surface area contributed by atoms with Crippen molar-refractivity contribution in [2.75, 3.05) is 5.73 Å². The van der Waals surface area contributed by atoms with Gasteiger partial charge in [0.2, 0.25) is 5.56 Å². The lowest BCUT2D eigenvalue weighted by atomic mass is 10.1. The zero-order valence-corrected chi connectivity index (χ0v) is 12.1. The van der Waals surface area contributed by atoms with Crippen molar-refractivity contribution in [1.29, 1.82) is 0 Å². The number of nitrogens with zero attached hydrogens (tertiary/aromatic N) is 1. The fourth-order valence-corrected chi connectivity index (χ4v) is 2.90. The summed E-state index contributed by atoms with van der Waals surface area (Å²) < 4.78 is 1.12. The lowest BCUT2D eigenvalue weighted by molar-refractivity contribution is 0.0880. The van der Waals surface area contributed by atoms with Gasteiger partial charge in [0.05, 0.1) is 16.8 Å². The molecule has 118 valence electrons. The summed E-state index contributed by atoms with van der Waals surface area (Å²) in [7, 11) is 0. The summed E-state index contributed by atoms with van der Waals surface area (Å²) in [4.78, 5) is 50.3. The summed E-state index contributed by atoms with van der Waals surface area (Å²) >= 11 is 0. The number of hydrogen-bond donors (Lipinski definition) is 3. The van der Waals surface area contributed by atoms with Gasteiger partial charge in [-0.25, -0.2) is 0 Å². The van der Waals surface area contributed by atoms with Gasteiger partial charge >= 0.3 is 0 Å². The number of nitrogens with one attached hydrogen (secondary N) is 2. The fourth-order valence-electron chi connectivity index (χ4n) is 2.90. The zero-order chi connectivity index (χ0) is 17.0. The number of carbonyl (C=O) groups excluding carboxylic acids is 2. The van der Waals surface area contributed by atoms with E-state index in [4.69, 9.17) is 5.73 Å². The molecule has 1 aliphatic heterocycles. The number of pyridine rings is 2. The third-order valence-electron chi connectivity index (χ3n) is 3.96. The Morgan fingerprint density at radius 1 is 1.00 bits per heavy atom. The second-order valence-electron chi connectivity index (χ2n) is 5.35. The Morgan fingerprint density at radius 3 is 2.58 bits per heavy atom. The van der Waals surface area contributed by atoms with E-state index < -0.39 is 17.4 Å². The normalized spacial score (nSPS) is 13.2. The van der Waals surface area contributed by atoms with Crippen LogP contribution in [-0.4, -0.2) is 21.4 Å². The van der Waals surface area contributed by atoms with Gasteiger partial charge < -0.3 is 10.7 Å². The quantitative estimate of drug-likeness (QED) is 0.549. The Labute approximate surface area is 133 Å². The molecule has 0 aliphatic carbocycles. The number of nitrogens with two attached hydrogens (primary N) is 1. The molecule has 2 amide bonds. The Morgan fingerprint density at radius 2 is 1.79 bits per heavy atom. The molecule has 3 aromatic rings. The van der Waals surface area contributed by atoms with E-state index in [1.165, 1.54) is 12.3 Å². The number of imide groups is 1. The third kappa shape index (κ3) is 1.80. The van der Waals surface area contributed by atoms with Gasteiger partial charge in [-0.2, -0.15) is 0 Å². The highest BCUT2D eigenvalue weighted by molar-refractivity contribution is 6.23. The minimum Gasteiger partial charge on any atom is -0.384 e. The van der Waals surface area contributed by atoms with E-state index in [0.717, 1.165) is 10.6 Å². The number of aromatic nitrogens is 2. The molecule has 8 nitrogen and oxygen atoms in total. The highest BCUT2D eigenvalue weighted by Crippen LogP contribution is 2.26. The van der Waals surface area contributed by atoms with Gasteiger partial charge in [0, 0.05) is 29.1 Å². The van der Waals surface area contributed by atoms with Crippen molar-refractivity contribution in [3.8, 4) is 5.69 Å². The summed E-state index contributed by atoms with van der Waals surface area (Å²) in [5.74, 6) is -1.45. The number of amides is 2. The van der Waals surface area contributed by atoms with Crippen LogP contribution in [0.1, 0.15) is 20.7 Å². The maximum Gasteiger partial charge on any atom is 0.262 e. The standard InChI is InChI=1S/C16H10N4O4/c17-14-13-9(15(23)19-16(13)24)5-12(22)20(14)10-3-1-2-7-6-18-11(21)4-8(7)10/h1-6H,17H2,(H,18,21)(H,19,23,24). The number of anilines is 1. The number of H-pyrrole nitrogens is 1. The zero-order valence-electron chi connectivity index (χ0n) is 12.1. The van der Waals surface area contributed by atoms with Crippen LogP contribution in [0.4, 0.5) is 5.82 Å². The monoisotopic (exact) mass is 322 g/mol. The second-order valence-corrected chi connectivity index (χ2v) is 5.35. The van der Waals surface area contributed by atoms with Crippen LogP contribution >= 0.6 is 0 Å². The highest BCUT2D eigenvalue weighted by Gasteiger charge is 2.32. The van der Waals surface area contributed by atoms with Crippen molar-refractivity contribution >= 4 is 28.4 Å². The second kappa shape index (κ2) is 4.66. The molecule has 1 aromatic carbocycles. The molecule has 0 bridgehead atoms. The first-order valence-electron chi connectivity index (χ1n) is 7.00. The van der Waals surface area contributed by atoms with Crippen LogP contribution in [0, 0.1) is 0 Å². The average Bonchev–Trinajstić information content (AvgIpc) is 2.82. The van der Waals surface area contributed by atoms with Crippen LogP contribution in [-0.2, 0) is 0 Å². The van der Waals surface area contributed by atoms with E-state index in [9.17, 15) is 19.2 Å². The van der Waals surface area contributed by atoms with Crippen LogP contribution in [0.2, 0.25) is 0 Å². The predicted molar refractivity (Wildman–Crippen MR) is 86.4 cm³/mol. The number of hydrogen-bond acceptors (Lipinski definition) is 5. The highest BCUT2D eigenvalue weighted by atomic mass is 16.2. The molecule has 0 unspecified atom stereocenters. The minimum absolute atomic E-state index is 0.0403. The van der Waals surface area contributed by atoms with Crippen LogP contribution in [0.3, 0.4) is 0 Å². The minimum atomic E-state index is -0.653. The number of aromatic amines is 1. The Kier molecular flexibility index (Phi) is 2.71. The van der Waals surface area contributed by atoms with Gasteiger partial charge in [0.1, 0.15) is 5.82 Å². The van der Waals surface area contributed by atoms with Gasteiger partial charge in [-0.1, -0.05) is 12.1 Å². The van der Waals surface area contributed by atoms with Crippen molar-refractivity contribution in [1.82, 2.24) is 14.9 Å². The van der Waals surface area contributed by atoms with Gasteiger partial charge in [-0.3, -0.25) is 29.1 Å². The average molecular weight is 322 g/mol. The maximum absolute atomic E-state index is 12.5. The molecule has 3 heterocycles. The number of fused-ring (bicyclic) bond motifs is 2. The SMILES string of the molecule is Nc1c2c(cc(=O)n1-c1cccc3c[nH]c(=O)cc13)C(=O)NC2=O. The lowest BCUT2D eigenvalue weighted by Crippen LogP contribution is -2.24. The van der Waals surface area contributed by atoms with E-state index in [1.54, 1.807) is 18.2 Å². The van der Waals surface area contributed by atoms with E-state index in [-0.39, 0.29) is 22.5 Å². The summed E-state index contributed by atoms with van der Waals surface area (Å²) in [6.45, 7) is 0. The summed E-state index contributed by atoms with van der Waals surface area (Å²) in [5.41, 5.74) is 5.38. The molecule has 24 heavy (non-hydrogen) atoms. The van der Waals surface area contributed by atoms with Crippen molar-refractivity contribution in [2.45, 2.75) is 0 Å². The summed E-state index contributed by atoms with van der Waals surface area (Å²) in [6.07, 6.45) is 1.52. The molecule has 0 atom stereocenters. The lowest BCUT2D eigenvalue weighted by Gasteiger charge is -2.13. The molecule has 0 saturated heterocycles. The van der Waals surface area contributed by atoms with Gasteiger partial charge in [-0.05, 0) is 6.07 Å². The number of benzene rings is 1. The van der Waals surface area contributed by atoms with Crippen molar-refractivity contribution in [2.24, 2.45) is 0 Å². The summed E-state index contributed by atoms with van der Waals surface area (Å²) in [5, 5.41) is 3.30. The van der Waals surface area contributed by atoms with E-state index in [0.29, 0.717) is 16.5 Å². The molecule has 2 aromatic heterocycles. The summed E-state index contributed by atoms with van der Waals surface area (Å²) in [6, 6.07) is 7.48. The number of carbonyl (C=O) groups is 2. The molecular weight excluding hydrogens is 312 g/mol. The van der Waals surface area contributed by atoms with Crippen LogP contribution in [0.5, 0.6) is 0 Å². The van der Waals surface area contributed by atoms with Crippen LogP contribution in [0.25, 0.3) is 16.5 Å². The number of rotatable bonds is 1. The van der Waals surface area contributed by atoms with E-state index in [2.05, 4.69) is 10.3 Å².